The Morgan fingerprint density at radius 2 is 1.92 bits per heavy atom. The molecular formula is C16H16N6O3S. The molecule has 0 radical (unpaired) electrons. The Bertz CT molecular complexity index is 1030. The number of benzene rings is 2. The van der Waals surface area contributed by atoms with Crippen molar-refractivity contribution in [2.45, 2.75) is 18.2 Å². The molecule has 0 saturated heterocycles. The Kier molecular flexibility index (Phi) is 4.78. The van der Waals surface area contributed by atoms with E-state index in [4.69, 9.17) is 5.14 Å². The zero-order valence-corrected chi connectivity index (χ0v) is 14.6. The number of sulfonamides is 1. The van der Waals surface area contributed by atoms with Gasteiger partial charge in [0.15, 0.2) is 0 Å². The highest BCUT2D eigenvalue weighted by molar-refractivity contribution is 7.89. The van der Waals surface area contributed by atoms with E-state index in [1.165, 1.54) is 17.1 Å². The predicted octanol–water partition coefficient (Wildman–Crippen LogP) is 0.799. The average molecular weight is 372 g/mol. The third-order valence-corrected chi connectivity index (χ3v) is 4.75. The number of primary sulfonamides is 1. The van der Waals surface area contributed by atoms with Crippen molar-refractivity contribution in [3.63, 3.8) is 0 Å². The fourth-order valence-electron chi connectivity index (χ4n) is 2.42. The van der Waals surface area contributed by atoms with Crippen LogP contribution < -0.4 is 10.5 Å². The molecule has 3 aromatic rings. The van der Waals surface area contributed by atoms with Crippen LogP contribution in [0.2, 0.25) is 0 Å². The second-order valence-corrected chi connectivity index (χ2v) is 7.20. The van der Waals surface area contributed by atoms with Gasteiger partial charge in [-0.1, -0.05) is 18.2 Å². The largest absolute Gasteiger partial charge is 0.326 e. The van der Waals surface area contributed by atoms with Crippen molar-refractivity contribution in [3.8, 4) is 5.69 Å². The number of anilines is 1. The molecule has 2 aromatic carbocycles. The van der Waals surface area contributed by atoms with Crippen molar-refractivity contribution in [1.82, 2.24) is 20.2 Å². The van der Waals surface area contributed by atoms with Gasteiger partial charge in [0.2, 0.25) is 15.9 Å². The minimum atomic E-state index is -3.85. The van der Waals surface area contributed by atoms with E-state index in [2.05, 4.69) is 20.8 Å². The van der Waals surface area contributed by atoms with E-state index in [0.29, 0.717) is 11.3 Å². The quantitative estimate of drug-likeness (QED) is 0.680. The van der Waals surface area contributed by atoms with E-state index < -0.39 is 10.0 Å². The SMILES string of the molecule is Cc1ccc(NC(=O)Cc2ccc(-n3cnnn3)cc2)cc1S(N)(=O)=O. The van der Waals surface area contributed by atoms with Crippen LogP contribution in [0.5, 0.6) is 0 Å². The highest BCUT2D eigenvalue weighted by atomic mass is 32.2. The highest BCUT2D eigenvalue weighted by Crippen LogP contribution is 2.19. The Balaban J connectivity index is 1.69. The third-order valence-electron chi connectivity index (χ3n) is 3.69. The van der Waals surface area contributed by atoms with Gasteiger partial charge in [-0.25, -0.2) is 18.2 Å². The van der Waals surface area contributed by atoms with Crippen LogP contribution in [0.25, 0.3) is 5.69 Å². The first-order chi connectivity index (χ1) is 12.3. The number of amides is 1. The Morgan fingerprint density at radius 1 is 1.19 bits per heavy atom. The molecule has 9 nitrogen and oxygen atoms in total. The molecule has 10 heteroatoms. The van der Waals surface area contributed by atoms with Gasteiger partial charge in [0.05, 0.1) is 17.0 Å². The van der Waals surface area contributed by atoms with E-state index in [9.17, 15) is 13.2 Å². The number of hydrogen-bond donors (Lipinski definition) is 2. The second kappa shape index (κ2) is 7.02. The van der Waals surface area contributed by atoms with Gasteiger partial charge in [0.25, 0.3) is 0 Å². The first kappa shape index (κ1) is 17.7. The summed E-state index contributed by atoms with van der Waals surface area (Å²) in [6.07, 6.45) is 1.61. The number of aromatic nitrogens is 4. The normalized spacial score (nSPS) is 11.3. The Hall–Kier alpha value is -3.11. The van der Waals surface area contributed by atoms with Crippen molar-refractivity contribution in [3.05, 3.63) is 59.9 Å². The standard InChI is InChI=1S/C16H16N6O3S/c1-11-2-5-13(9-15(11)26(17,24)25)19-16(23)8-12-3-6-14(7-4-12)22-10-18-20-21-22/h2-7,9-10H,8H2,1H3,(H,19,23)(H2,17,24,25). The van der Waals surface area contributed by atoms with Gasteiger partial charge in [-0.2, -0.15) is 0 Å². The van der Waals surface area contributed by atoms with E-state index in [1.54, 1.807) is 43.3 Å². The molecule has 3 N–H and O–H groups in total. The maximum Gasteiger partial charge on any atom is 0.238 e. The maximum absolute atomic E-state index is 12.2. The van der Waals surface area contributed by atoms with Crippen LogP contribution in [0.4, 0.5) is 5.69 Å². The van der Waals surface area contributed by atoms with Gasteiger partial charge in [-0.3, -0.25) is 4.79 Å². The fraction of sp³-hybridized carbons (Fsp3) is 0.125. The summed E-state index contributed by atoms with van der Waals surface area (Å²) in [5, 5.41) is 18.8. The number of hydrogen-bond acceptors (Lipinski definition) is 6. The number of rotatable bonds is 5. The van der Waals surface area contributed by atoms with Crippen LogP contribution in [0.3, 0.4) is 0 Å². The molecule has 0 spiro atoms. The second-order valence-electron chi connectivity index (χ2n) is 5.67. The van der Waals surface area contributed by atoms with Gasteiger partial charge in [-0.05, 0) is 52.7 Å². The molecule has 1 amide bonds. The first-order valence-electron chi connectivity index (χ1n) is 7.58. The third kappa shape index (κ3) is 4.10. The van der Waals surface area contributed by atoms with Crippen molar-refractivity contribution in [2.75, 3.05) is 5.32 Å². The van der Waals surface area contributed by atoms with Crippen LogP contribution in [-0.4, -0.2) is 34.5 Å². The minimum absolute atomic E-state index is 0.0129. The monoisotopic (exact) mass is 372 g/mol. The molecule has 3 rings (SSSR count). The summed E-state index contributed by atoms with van der Waals surface area (Å²) in [4.78, 5) is 12.2. The zero-order chi connectivity index (χ0) is 18.7. The number of carbonyl (C=O) groups is 1. The van der Waals surface area contributed by atoms with Crippen molar-refractivity contribution in [1.29, 1.82) is 0 Å². The number of aryl methyl sites for hydroxylation is 1. The summed E-state index contributed by atoms with van der Waals surface area (Å²) >= 11 is 0. The lowest BCUT2D eigenvalue weighted by molar-refractivity contribution is -0.115. The molecule has 1 aromatic heterocycles. The lowest BCUT2D eigenvalue weighted by atomic mass is 10.1. The summed E-state index contributed by atoms with van der Waals surface area (Å²) in [6, 6.07) is 11.7. The summed E-state index contributed by atoms with van der Waals surface area (Å²) in [5.41, 5.74) is 2.45. The van der Waals surface area contributed by atoms with Gasteiger partial charge >= 0.3 is 0 Å². The lowest BCUT2D eigenvalue weighted by Gasteiger charge is -2.09. The number of nitrogens with zero attached hydrogens (tertiary/aromatic N) is 4. The summed E-state index contributed by atoms with van der Waals surface area (Å²) in [5.74, 6) is -0.274. The van der Waals surface area contributed by atoms with Crippen molar-refractivity contribution in [2.24, 2.45) is 5.14 Å². The van der Waals surface area contributed by atoms with Crippen LogP contribution >= 0.6 is 0 Å². The van der Waals surface area contributed by atoms with E-state index in [1.807, 2.05) is 0 Å². The number of carbonyl (C=O) groups excluding carboxylic acids is 1. The molecule has 26 heavy (non-hydrogen) atoms. The number of tetrazole rings is 1. The van der Waals surface area contributed by atoms with Crippen LogP contribution in [0.1, 0.15) is 11.1 Å². The van der Waals surface area contributed by atoms with Gasteiger partial charge in [0, 0.05) is 5.69 Å². The predicted molar refractivity (Wildman–Crippen MR) is 94.0 cm³/mol. The Morgan fingerprint density at radius 3 is 2.54 bits per heavy atom. The summed E-state index contributed by atoms with van der Waals surface area (Å²) in [7, 11) is -3.85. The van der Waals surface area contributed by atoms with Crippen molar-refractivity contribution >= 4 is 21.6 Å². The van der Waals surface area contributed by atoms with E-state index in [0.717, 1.165) is 11.3 Å². The molecule has 0 aliphatic rings. The highest BCUT2D eigenvalue weighted by Gasteiger charge is 2.13. The smallest absolute Gasteiger partial charge is 0.238 e. The topological polar surface area (TPSA) is 133 Å². The fourth-order valence-corrected chi connectivity index (χ4v) is 3.23. The number of nitrogens with one attached hydrogen (secondary N) is 1. The molecule has 0 aliphatic heterocycles. The zero-order valence-electron chi connectivity index (χ0n) is 13.8. The van der Waals surface area contributed by atoms with Gasteiger partial charge in [0.1, 0.15) is 6.33 Å². The summed E-state index contributed by atoms with van der Waals surface area (Å²) < 4.78 is 24.6. The van der Waals surface area contributed by atoms with Crippen LogP contribution in [0.15, 0.2) is 53.7 Å². The molecular weight excluding hydrogens is 356 g/mol. The first-order valence-corrected chi connectivity index (χ1v) is 9.13. The molecule has 0 aliphatic carbocycles. The van der Waals surface area contributed by atoms with E-state index >= 15 is 0 Å². The maximum atomic E-state index is 12.2. The van der Waals surface area contributed by atoms with Crippen LogP contribution in [0, 0.1) is 6.92 Å². The Labute approximate surface area is 149 Å². The molecule has 0 atom stereocenters. The molecule has 0 saturated carbocycles. The van der Waals surface area contributed by atoms with Gasteiger partial charge < -0.3 is 5.32 Å². The molecule has 134 valence electrons. The molecule has 1 heterocycles. The summed E-state index contributed by atoms with van der Waals surface area (Å²) in [6.45, 7) is 1.64. The van der Waals surface area contributed by atoms with Gasteiger partial charge in [-0.15, -0.1) is 5.10 Å². The number of nitrogens with two attached hydrogens (primary N) is 1. The minimum Gasteiger partial charge on any atom is -0.326 e. The van der Waals surface area contributed by atoms with Crippen LogP contribution in [-0.2, 0) is 21.2 Å². The van der Waals surface area contributed by atoms with E-state index in [-0.39, 0.29) is 17.2 Å². The molecule has 0 fully saturated rings. The molecule has 0 bridgehead atoms. The average Bonchev–Trinajstić information content (AvgIpc) is 3.11. The van der Waals surface area contributed by atoms with Crippen molar-refractivity contribution < 1.29 is 13.2 Å². The molecule has 0 unspecified atom stereocenters. The lowest BCUT2D eigenvalue weighted by Crippen LogP contribution is -2.17.